The van der Waals surface area contributed by atoms with E-state index in [1.54, 1.807) is 24.0 Å². The molecule has 2 aromatic heterocycles. The Labute approximate surface area is 190 Å². The molecule has 166 valence electrons. The van der Waals surface area contributed by atoms with E-state index in [9.17, 15) is 14.9 Å². The molecular weight excluding hydrogens is 418 g/mol. The minimum absolute atomic E-state index is 0.0501. The lowest BCUT2D eigenvalue weighted by Gasteiger charge is -2.18. The van der Waals surface area contributed by atoms with Crippen LogP contribution in [0.5, 0.6) is 0 Å². The Balaban J connectivity index is 1.53. The lowest BCUT2D eigenvalue weighted by atomic mass is 10.1. The van der Waals surface area contributed by atoms with Gasteiger partial charge in [-0.3, -0.25) is 14.9 Å². The number of nitrogens with zero attached hydrogens (tertiary/aromatic N) is 5. The summed E-state index contributed by atoms with van der Waals surface area (Å²) >= 11 is 0. The van der Waals surface area contributed by atoms with Crippen molar-refractivity contribution in [1.82, 2.24) is 19.2 Å². The van der Waals surface area contributed by atoms with Crippen LogP contribution < -0.4 is 0 Å². The van der Waals surface area contributed by atoms with Gasteiger partial charge >= 0.3 is 0 Å². The molecule has 1 amide bonds. The lowest BCUT2D eigenvalue weighted by Crippen LogP contribution is -2.26. The maximum Gasteiger partial charge on any atom is 0.273 e. The van der Waals surface area contributed by atoms with Crippen LogP contribution in [-0.4, -0.2) is 30.1 Å². The molecule has 0 spiro atoms. The van der Waals surface area contributed by atoms with E-state index in [1.807, 2.05) is 33.8 Å². The van der Waals surface area contributed by atoms with Crippen LogP contribution in [0.2, 0.25) is 0 Å². The molecule has 0 atom stereocenters. The highest BCUT2D eigenvalue weighted by Gasteiger charge is 2.32. The number of nitro benzene ring substituents is 1. The summed E-state index contributed by atoms with van der Waals surface area (Å²) < 4.78 is 3.95. The molecule has 5 rings (SSSR count). The third kappa shape index (κ3) is 3.49. The van der Waals surface area contributed by atoms with Gasteiger partial charge in [-0.2, -0.15) is 5.10 Å². The maximum absolute atomic E-state index is 13.2. The van der Waals surface area contributed by atoms with Crippen LogP contribution in [0.15, 0.2) is 60.9 Å². The summed E-state index contributed by atoms with van der Waals surface area (Å²) in [7, 11) is 0. The Kier molecular flexibility index (Phi) is 4.85. The molecule has 1 aliphatic heterocycles. The van der Waals surface area contributed by atoms with E-state index in [1.165, 1.54) is 11.6 Å². The number of benzene rings is 2. The zero-order valence-electron chi connectivity index (χ0n) is 18.6. The van der Waals surface area contributed by atoms with E-state index >= 15 is 0 Å². The van der Waals surface area contributed by atoms with Gasteiger partial charge in [0.1, 0.15) is 5.82 Å². The molecule has 4 aromatic rings. The predicted molar refractivity (Wildman–Crippen MR) is 124 cm³/mol. The summed E-state index contributed by atoms with van der Waals surface area (Å²) in [4.78, 5) is 25.8. The maximum atomic E-state index is 13.2. The number of fused-ring (bicyclic) bond motifs is 1. The molecule has 0 bridgehead atoms. The Hall–Kier alpha value is -4.20. The highest BCUT2D eigenvalue weighted by atomic mass is 16.6. The monoisotopic (exact) mass is 441 g/mol. The largest absolute Gasteiger partial charge is 0.328 e. The first-order valence-electron chi connectivity index (χ1n) is 10.7. The van der Waals surface area contributed by atoms with E-state index in [0.29, 0.717) is 24.2 Å². The standard InChI is InChI=1S/C25H23N5O3/c1-16-6-9-22(18(3)12-16)29-24(27-10-4-5-11-27)20-14-28(15-21(20)26-29)25(31)19-8-7-17(2)23(13-19)30(32)33/h4-13H,14-15H2,1-3H3. The third-order valence-electron chi connectivity index (χ3n) is 6.10. The SMILES string of the molecule is Cc1ccc(-n2nc3c(c2-n2cccc2)CN(C(=O)c2ccc(C)c([N+](=O)[O-])c2)C3)c(C)c1. The van der Waals surface area contributed by atoms with Crippen LogP contribution in [-0.2, 0) is 13.1 Å². The fourth-order valence-corrected chi connectivity index (χ4v) is 4.42. The van der Waals surface area contributed by atoms with Gasteiger partial charge < -0.3 is 9.47 Å². The number of hydrogen-bond acceptors (Lipinski definition) is 4. The molecule has 33 heavy (non-hydrogen) atoms. The number of rotatable bonds is 4. The average Bonchev–Trinajstić information content (AvgIpc) is 3.49. The lowest BCUT2D eigenvalue weighted by molar-refractivity contribution is -0.385. The summed E-state index contributed by atoms with van der Waals surface area (Å²) in [6, 6.07) is 14.8. The number of carbonyl (C=O) groups excluding carboxylic acids is 1. The van der Waals surface area contributed by atoms with Crippen LogP contribution in [0.1, 0.15) is 38.3 Å². The van der Waals surface area contributed by atoms with Gasteiger partial charge in [-0.1, -0.05) is 23.8 Å². The van der Waals surface area contributed by atoms with Crippen LogP contribution in [0.3, 0.4) is 0 Å². The summed E-state index contributed by atoms with van der Waals surface area (Å²) in [6.07, 6.45) is 3.93. The van der Waals surface area contributed by atoms with Gasteiger partial charge in [0.05, 0.1) is 29.4 Å². The highest BCUT2D eigenvalue weighted by Crippen LogP contribution is 2.32. The van der Waals surface area contributed by atoms with Crippen molar-refractivity contribution in [2.75, 3.05) is 0 Å². The molecular formula is C25H23N5O3. The van der Waals surface area contributed by atoms with E-state index in [4.69, 9.17) is 5.10 Å². The number of nitro groups is 1. The first-order chi connectivity index (χ1) is 15.8. The number of aromatic nitrogens is 3. The average molecular weight is 441 g/mol. The minimum Gasteiger partial charge on any atom is -0.328 e. The Morgan fingerprint density at radius 3 is 2.45 bits per heavy atom. The number of hydrogen-bond donors (Lipinski definition) is 0. The van der Waals surface area contributed by atoms with Crippen molar-refractivity contribution in [3.8, 4) is 11.5 Å². The molecule has 0 radical (unpaired) electrons. The van der Waals surface area contributed by atoms with Crippen LogP contribution >= 0.6 is 0 Å². The predicted octanol–water partition coefficient (Wildman–Crippen LogP) is 4.65. The Morgan fingerprint density at radius 1 is 1.00 bits per heavy atom. The second kappa shape index (κ2) is 7.74. The summed E-state index contributed by atoms with van der Waals surface area (Å²) in [5.74, 6) is 0.653. The molecule has 8 heteroatoms. The van der Waals surface area contributed by atoms with Gasteiger partial charge in [0.25, 0.3) is 11.6 Å². The molecule has 0 N–H and O–H groups in total. The zero-order valence-corrected chi connectivity index (χ0v) is 18.6. The molecule has 0 unspecified atom stereocenters. The Morgan fingerprint density at radius 2 is 1.76 bits per heavy atom. The van der Waals surface area contributed by atoms with Crippen LogP contribution in [0.4, 0.5) is 5.69 Å². The fraction of sp³-hybridized carbons (Fsp3) is 0.200. The van der Waals surface area contributed by atoms with Gasteiger partial charge in [-0.25, -0.2) is 4.68 Å². The highest BCUT2D eigenvalue weighted by molar-refractivity contribution is 5.95. The summed E-state index contributed by atoms with van der Waals surface area (Å²) in [5.41, 5.74) is 5.88. The van der Waals surface area contributed by atoms with Crippen molar-refractivity contribution in [3.05, 3.63) is 105 Å². The molecule has 3 heterocycles. The Bertz CT molecular complexity index is 1400. The second-order valence-corrected chi connectivity index (χ2v) is 8.46. The third-order valence-corrected chi connectivity index (χ3v) is 6.10. The quantitative estimate of drug-likeness (QED) is 0.341. The van der Waals surface area contributed by atoms with Crippen molar-refractivity contribution in [2.45, 2.75) is 33.9 Å². The number of aryl methyl sites for hydroxylation is 3. The number of carbonyl (C=O) groups is 1. The van der Waals surface area contributed by atoms with Gasteiger partial charge in [-0.15, -0.1) is 0 Å². The van der Waals surface area contributed by atoms with E-state index in [-0.39, 0.29) is 11.6 Å². The van der Waals surface area contributed by atoms with Gasteiger partial charge in [-0.05, 0) is 50.6 Å². The second-order valence-electron chi connectivity index (χ2n) is 8.46. The normalized spacial score (nSPS) is 12.8. The summed E-state index contributed by atoms with van der Waals surface area (Å²) in [6.45, 7) is 6.52. The van der Waals surface area contributed by atoms with E-state index < -0.39 is 4.92 Å². The smallest absolute Gasteiger partial charge is 0.273 e. The fourth-order valence-electron chi connectivity index (χ4n) is 4.42. The molecule has 0 saturated heterocycles. The van der Waals surface area contributed by atoms with Crippen molar-refractivity contribution in [1.29, 1.82) is 0 Å². The zero-order chi connectivity index (χ0) is 23.3. The van der Waals surface area contributed by atoms with Gasteiger partial charge in [0.2, 0.25) is 0 Å². The van der Waals surface area contributed by atoms with E-state index in [2.05, 4.69) is 32.0 Å². The summed E-state index contributed by atoms with van der Waals surface area (Å²) in [5, 5.41) is 16.2. The first-order valence-corrected chi connectivity index (χ1v) is 10.7. The molecule has 0 aliphatic carbocycles. The molecule has 0 saturated carbocycles. The van der Waals surface area contributed by atoms with Crippen molar-refractivity contribution in [3.63, 3.8) is 0 Å². The van der Waals surface area contributed by atoms with Crippen LogP contribution in [0, 0.1) is 30.9 Å². The molecule has 8 nitrogen and oxygen atoms in total. The van der Waals surface area contributed by atoms with E-state index in [0.717, 1.165) is 28.3 Å². The van der Waals surface area contributed by atoms with Crippen molar-refractivity contribution < 1.29 is 9.72 Å². The number of amides is 1. The first kappa shape index (κ1) is 20.7. The molecule has 1 aliphatic rings. The van der Waals surface area contributed by atoms with Crippen molar-refractivity contribution in [2.24, 2.45) is 0 Å². The van der Waals surface area contributed by atoms with Crippen LogP contribution in [0.25, 0.3) is 11.5 Å². The van der Waals surface area contributed by atoms with Gasteiger partial charge in [0.15, 0.2) is 0 Å². The molecule has 2 aromatic carbocycles. The minimum atomic E-state index is -0.455. The van der Waals surface area contributed by atoms with Gasteiger partial charge in [0, 0.05) is 35.2 Å². The molecule has 0 fully saturated rings. The van der Waals surface area contributed by atoms with Crippen molar-refractivity contribution >= 4 is 11.6 Å². The topological polar surface area (TPSA) is 86.2 Å².